The van der Waals surface area contributed by atoms with Gasteiger partial charge in [0.25, 0.3) is 5.91 Å². The number of carbonyl (C=O) groups excluding carboxylic acids is 2. The number of sulfonamides is 1. The summed E-state index contributed by atoms with van der Waals surface area (Å²) in [5.74, 6) is 0.370. The van der Waals surface area contributed by atoms with Crippen molar-refractivity contribution in [3.63, 3.8) is 0 Å². The van der Waals surface area contributed by atoms with Gasteiger partial charge in [-0.3, -0.25) is 4.79 Å². The molecule has 0 spiro atoms. The molecule has 1 aromatic rings. The third-order valence-corrected chi connectivity index (χ3v) is 10.5. The van der Waals surface area contributed by atoms with Crippen LogP contribution in [0.2, 0.25) is 0 Å². The first-order chi connectivity index (χ1) is 16.5. The van der Waals surface area contributed by atoms with Crippen LogP contribution in [-0.2, 0) is 14.8 Å². The first-order valence-electron chi connectivity index (χ1n) is 12.9. The minimum absolute atomic E-state index is 0.01000. The highest BCUT2D eigenvalue weighted by molar-refractivity contribution is 7.89. The lowest BCUT2D eigenvalue weighted by Crippen LogP contribution is -2.52. The molecule has 0 aromatic heterocycles. The minimum Gasteiger partial charge on any atom is -0.444 e. The quantitative estimate of drug-likeness (QED) is 0.644. The summed E-state index contributed by atoms with van der Waals surface area (Å²) in [6.07, 6.45) is 2.98. The molecule has 3 fully saturated rings. The highest BCUT2D eigenvalue weighted by Crippen LogP contribution is 2.62. The highest BCUT2D eigenvalue weighted by atomic mass is 32.2. The average molecular weight is 520 g/mol. The van der Waals surface area contributed by atoms with Crippen molar-refractivity contribution < 1.29 is 22.7 Å². The first kappa shape index (κ1) is 26.9. The van der Waals surface area contributed by atoms with Crippen molar-refractivity contribution in [2.24, 2.45) is 16.7 Å². The maximum Gasteiger partial charge on any atom is 0.410 e. The maximum atomic E-state index is 13.6. The topological polar surface area (TPSA) is 96.0 Å². The van der Waals surface area contributed by atoms with Crippen LogP contribution in [0.25, 0.3) is 0 Å². The normalized spacial score (nSPS) is 28.2. The number of carbonyl (C=O) groups is 2. The number of nitrogens with zero attached hydrogens (tertiary/aromatic N) is 2. The molecule has 2 aliphatic carbocycles. The Morgan fingerprint density at radius 3 is 2.28 bits per heavy atom. The van der Waals surface area contributed by atoms with E-state index in [-0.39, 0.29) is 53.9 Å². The Balaban J connectivity index is 1.48. The fraction of sp³-hybridized carbons (Fsp3) is 0.704. The van der Waals surface area contributed by atoms with E-state index in [2.05, 4.69) is 26.1 Å². The zero-order chi connectivity index (χ0) is 26.7. The van der Waals surface area contributed by atoms with E-state index in [1.807, 2.05) is 0 Å². The van der Waals surface area contributed by atoms with Crippen molar-refractivity contribution in [2.75, 3.05) is 26.2 Å². The van der Waals surface area contributed by atoms with E-state index in [0.29, 0.717) is 17.0 Å². The maximum absolute atomic E-state index is 13.6. The number of benzene rings is 1. The molecule has 2 bridgehead atoms. The Hall–Kier alpha value is -2.13. The van der Waals surface area contributed by atoms with Crippen molar-refractivity contribution in [3.8, 4) is 0 Å². The summed E-state index contributed by atoms with van der Waals surface area (Å²) in [4.78, 5) is 27.4. The van der Waals surface area contributed by atoms with Gasteiger partial charge in [0.05, 0.1) is 4.90 Å². The van der Waals surface area contributed by atoms with Gasteiger partial charge in [0, 0.05) is 37.8 Å². The molecule has 9 heteroatoms. The van der Waals surface area contributed by atoms with E-state index < -0.39 is 21.7 Å². The van der Waals surface area contributed by atoms with Gasteiger partial charge in [0.2, 0.25) is 10.0 Å². The molecule has 1 saturated heterocycles. The van der Waals surface area contributed by atoms with Crippen LogP contribution >= 0.6 is 0 Å². The Kier molecular flexibility index (Phi) is 6.74. The van der Waals surface area contributed by atoms with Gasteiger partial charge in [0.15, 0.2) is 0 Å². The lowest BCUT2D eigenvalue weighted by atomic mass is 9.68. The molecule has 2 saturated carbocycles. The Morgan fingerprint density at radius 2 is 1.72 bits per heavy atom. The lowest BCUT2D eigenvalue weighted by molar-refractivity contribution is 0.0192. The molecular weight excluding hydrogens is 478 g/mol. The van der Waals surface area contributed by atoms with Crippen LogP contribution in [0.5, 0.6) is 0 Å². The molecule has 0 radical (unpaired) electrons. The van der Waals surface area contributed by atoms with Crippen LogP contribution < -0.4 is 5.32 Å². The molecule has 3 aliphatic rings. The largest absolute Gasteiger partial charge is 0.444 e. The Labute approximate surface area is 215 Å². The lowest BCUT2D eigenvalue weighted by Gasteiger charge is -2.43. The van der Waals surface area contributed by atoms with Crippen molar-refractivity contribution >= 4 is 22.0 Å². The van der Waals surface area contributed by atoms with Crippen molar-refractivity contribution in [2.45, 2.75) is 84.3 Å². The molecule has 200 valence electrons. The molecule has 2 unspecified atom stereocenters. The van der Waals surface area contributed by atoms with Crippen LogP contribution in [0.3, 0.4) is 0 Å². The second-order valence-electron chi connectivity index (χ2n) is 12.7. The van der Waals surface area contributed by atoms with Gasteiger partial charge >= 0.3 is 6.09 Å². The standard InChI is InChI=1S/C27H41N3O5S/c1-18-8-9-19(22(31)28-23-26(5,6)20-10-11-27(23,7)17-20)16-21(18)36(33,34)30-14-12-29(13-15-30)24(32)35-25(2,3)4/h8-9,16,20,23H,10-15,17H2,1-7H3,(H,28,31)/t20-,23?,27?/m1/s1. The van der Waals surface area contributed by atoms with E-state index in [1.54, 1.807) is 39.8 Å². The summed E-state index contributed by atoms with van der Waals surface area (Å²) in [7, 11) is -3.83. The first-order valence-corrected chi connectivity index (χ1v) is 14.4. The number of fused-ring (bicyclic) bond motifs is 2. The predicted octanol–water partition coefficient (Wildman–Crippen LogP) is 4.18. The SMILES string of the molecule is Cc1ccc(C(=O)NC2C3(C)CC[C@H](C3)C2(C)C)cc1S(=O)(=O)N1CCN(C(=O)OC(C)(C)C)CC1. The summed E-state index contributed by atoms with van der Waals surface area (Å²) in [6.45, 7) is 14.7. The molecule has 1 N–H and O–H groups in total. The van der Waals surface area contributed by atoms with E-state index in [4.69, 9.17) is 4.74 Å². The van der Waals surface area contributed by atoms with Crippen molar-refractivity contribution in [1.82, 2.24) is 14.5 Å². The van der Waals surface area contributed by atoms with Crippen LogP contribution in [0.4, 0.5) is 4.79 Å². The van der Waals surface area contributed by atoms with Crippen LogP contribution in [0.15, 0.2) is 23.1 Å². The smallest absolute Gasteiger partial charge is 0.410 e. The van der Waals surface area contributed by atoms with Gasteiger partial charge in [-0.25, -0.2) is 13.2 Å². The number of rotatable bonds is 4. The van der Waals surface area contributed by atoms with Gasteiger partial charge in [0.1, 0.15) is 5.60 Å². The zero-order valence-electron chi connectivity index (χ0n) is 22.7. The van der Waals surface area contributed by atoms with Crippen molar-refractivity contribution in [1.29, 1.82) is 0 Å². The number of hydrogen-bond acceptors (Lipinski definition) is 5. The number of piperazine rings is 1. The average Bonchev–Trinajstić information content (AvgIpc) is 3.26. The summed E-state index contributed by atoms with van der Waals surface area (Å²) >= 11 is 0. The predicted molar refractivity (Wildman–Crippen MR) is 138 cm³/mol. The van der Waals surface area contributed by atoms with Gasteiger partial charge in [-0.15, -0.1) is 0 Å². The summed E-state index contributed by atoms with van der Waals surface area (Å²) in [5.41, 5.74) is 0.429. The number of nitrogens with one attached hydrogen (secondary N) is 1. The van der Waals surface area contributed by atoms with E-state index in [0.717, 1.165) is 12.8 Å². The molecular formula is C27H41N3O5S. The molecule has 3 atom stereocenters. The molecule has 36 heavy (non-hydrogen) atoms. The number of ether oxygens (including phenoxy) is 1. The monoisotopic (exact) mass is 519 g/mol. The van der Waals surface area contributed by atoms with Gasteiger partial charge in [-0.1, -0.05) is 26.8 Å². The molecule has 1 aromatic carbocycles. The fourth-order valence-corrected chi connectivity index (χ4v) is 8.15. The number of amides is 2. The van der Waals surface area contributed by atoms with Gasteiger partial charge in [-0.05, 0) is 81.4 Å². The fourth-order valence-electron chi connectivity index (χ4n) is 6.47. The summed E-state index contributed by atoms with van der Waals surface area (Å²) < 4.78 is 33.9. The summed E-state index contributed by atoms with van der Waals surface area (Å²) in [5, 5.41) is 3.27. The molecule has 2 amide bonds. The van der Waals surface area contributed by atoms with Gasteiger partial charge in [-0.2, -0.15) is 4.31 Å². The number of hydrogen-bond donors (Lipinski definition) is 1. The molecule has 1 heterocycles. The minimum atomic E-state index is -3.83. The third kappa shape index (κ3) is 4.88. The summed E-state index contributed by atoms with van der Waals surface area (Å²) in [6, 6.07) is 4.96. The van der Waals surface area contributed by atoms with Crippen LogP contribution in [0.1, 0.15) is 76.7 Å². The third-order valence-electron chi connectivity index (χ3n) is 8.50. The zero-order valence-corrected chi connectivity index (χ0v) is 23.5. The second-order valence-corrected chi connectivity index (χ2v) is 14.6. The second kappa shape index (κ2) is 9.01. The van der Waals surface area contributed by atoms with Crippen LogP contribution in [0, 0.1) is 23.7 Å². The van der Waals surface area contributed by atoms with Crippen LogP contribution in [-0.4, -0.2) is 67.4 Å². The van der Waals surface area contributed by atoms with Gasteiger partial charge < -0.3 is 15.0 Å². The Bertz CT molecular complexity index is 1140. The highest BCUT2D eigenvalue weighted by Gasteiger charge is 2.59. The van der Waals surface area contributed by atoms with E-state index in [1.165, 1.54) is 21.7 Å². The number of aryl methyl sites for hydroxylation is 1. The molecule has 4 rings (SSSR count). The molecule has 8 nitrogen and oxygen atoms in total. The van der Waals surface area contributed by atoms with Crippen molar-refractivity contribution in [3.05, 3.63) is 29.3 Å². The van der Waals surface area contributed by atoms with E-state index >= 15 is 0 Å². The molecule has 1 aliphatic heterocycles. The Morgan fingerprint density at radius 1 is 1.08 bits per heavy atom. The van der Waals surface area contributed by atoms with E-state index in [9.17, 15) is 18.0 Å².